The average Bonchev–Trinajstić information content (AvgIpc) is 3.39. The molecule has 0 aliphatic rings. The molecular weight excluding hydrogens is 430 g/mol. The summed E-state index contributed by atoms with van der Waals surface area (Å²) in [6.07, 6.45) is 0.788. The van der Waals surface area contributed by atoms with Crippen LogP contribution in [0.3, 0.4) is 0 Å². The molecule has 1 aromatic heterocycles. The first kappa shape index (κ1) is 22.5. The maximum Gasteiger partial charge on any atom is 0.265 e. The summed E-state index contributed by atoms with van der Waals surface area (Å²) in [6, 6.07) is 31.1. The molecule has 0 saturated heterocycles. The normalized spacial score (nSPS) is 11.5. The predicted molar refractivity (Wildman–Crippen MR) is 135 cm³/mol. The SMILES string of the molecule is O=C(CNC(Cc1ccccc1)c1ccccc1)Nc1ccc(NC(=O)c2cccs2)cc1. The molecule has 3 aromatic carbocycles. The van der Waals surface area contributed by atoms with E-state index in [0.29, 0.717) is 16.3 Å². The van der Waals surface area contributed by atoms with E-state index in [0.717, 1.165) is 12.0 Å². The van der Waals surface area contributed by atoms with E-state index >= 15 is 0 Å². The van der Waals surface area contributed by atoms with Crippen LogP contribution in [0.2, 0.25) is 0 Å². The Bertz CT molecular complexity index is 1160. The predicted octanol–water partition coefficient (Wildman–Crippen LogP) is 5.51. The highest BCUT2D eigenvalue weighted by Gasteiger charge is 2.14. The lowest BCUT2D eigenvalue weighted by Crippen LogP contribution is -2.32. The van der Waals surface area contributed by atoms with E-state index in [9.17, 15) is 9.59 Å². The Balaban J connectivity index is 1.32. The Labute approximate surface area is 197 Å². The van der Waals surface area contributed by atoms with Gasteiger partial charge in [-0.1, -0.05) is 66.7 Å². The first-order valence-electron chi connectivity index (χ1n) is 10.7. The summed E-state index contributed by atoms with van der Waals surface area (Å²) >= 11 is 1.39. The standard InChI is InChI=1S/C27H25N3O2S/c31-26(29-22-13-15-23(16-14-22)30-27(32)25-12-7-17-33-25)19-28-24(21-10-5-2-6-11-21)18-20-8-3-1-4-9-20/h1-17,24,28H,18-19H2,(H,29,31)(H,30,32). The van der Waals surface area contributed by atoms with Gasteiger partial charge in [-0.2, -0.15) is 0 Å². The fourth-order valence-corrected chi connectivity index (χ4v) is 4.12. The summed E-state index contributed by atoms with van der Waals surface area (Å²) in [6.45, 7) is 0.184. The number of carbonyl (C=O) groups excluding carboxylic acids is 2. The van der Waals surface area contributed by atoms with E-state index in [-0.39, 0.29) is 24.4 Å². The smallest absolute Gasteiger partial charge is 0.265 e. The molecular formula is C27H25N3O2S. The van der Waals surface area contributed by atoms with Crippen molar-refractivity contribution in [2.24, 2.45) is 0 Å². The second kappa shape index (κ2) is 11.2. The molecule has 0 saturated carbocycles. The number of benzene rings is 3. The number of thiophene rings is 1. The second-order valence-electron chi connectivity index (χ2n) is 7.59. The van der Waals surface area contributed by atoms with Crippen molar-refractivity contribution >= 4 is 34.5 Å². The first-order chi connectivity index (χ1) is 16.2. The highest BCUT2D eigenvalue weighted by Crippen LogP contribution is 2.19. The zero-order valence-electron chi connectivity index (χ0n) is 18.0. The zero-order valence-corrected chi connectivity index (χ0v) is 18.8. The fraction of sp³-hybridized carbons (Fsp3) is 0.111. The van der Waals surface area contributed by atoms with Gasteiger partial charge in [0.2, 0.25) is 5.91 Å². The number of hydrogen-bond donors (Lipinski definition) is 3. The van der Waals surface area contributed by atoms with Gasteiger partial charge in [-0.3, -0.25) is 9.59 Å². The molecule has 2 amide bonds. The minimum absolute atomic E-state index is 0.0224. The van der Waals surface area contributed by atoms with Gasteiger partial charge < -0.3 is 16.0 Å². The van der Waals surface area contributed by atoms with Gasteiger partial charge in [0.15, 0.2) is 0 Å². The third-order valence-corrected chi connectivity index (χ3v) is 6.03. The van der Waals surface area contributed by atoms with Gasteiger partial charge in [-0.05, 0) is 53.3 Å². The monoisotopic (exact) mass is 455 g/mol. The van der Waals surface area contributed by atoms with Crippen LogP contribution in [0.1, 0.15) is 26.8 Å². The van der Waals surface area contributed by atoms with Gasteiger partial charge in [-0.15, -0.1) is 11.3 Å². The van der Waals surface area contributed by atoms with E-state index in [1.54, 1.807) is 30.3 Å². The maximum absolute atomic E-state index is 12.6. The van der Waals surface area contributed by atoms with Gasteiger partial charge in [0.25, 0.3) is 5.91 Å². The number of rotatable bonds is 9. The summed E-state index contributed by atoms with van der Waals surface area (Å²) in [7, 11) is 0. The van der Waals surface area contributed by atoms with Crippen LogP contribution >= 0.6 is 11.3 Å². The molecule has 0 bridgehead atoms. The van der Waals surface area contributed by atoms with Crippen molar-refractivity contribution in [3.8, 4) is 0 Å². The Morgan fingerprint density at radius 3 is 2.00 bits per heavy atom. The van der Waals surface area contributed by atoms with E-state index in [4.69, 9.17) is 0 Å². The molecule has 5 nitrogen and oxygen atoms in total. The van der Waals surface area contributed by atoms with Gasteiger partial charge >= 0.3 is 0 Å². The van der Waals surface area contributed by atoms with Crippen LogP contribution in [-0.4, -0.2) is 18.4 Å². The summed E-state index contributed by atoms with van der Waals surface area (Å²) in [5, 5.41) is 11.0. The van der Waals surface area contributed by atoms with Crippen molar-refractivity contribution in [1.82, 2.24) is 5.32 Å². The molecule has 6 heteroatoms. The third kappa shape index (κ3) is 6.62. The molecule has 1 unspecified atom stereocenters. The van der Waals surface area contributed by atoms with Crippen LogP contribution in [0.15, 0.2) is 102 Å². The molecule has 4 aromatic rings. The quantitative estimate of drug-likeness (QED) is 0.312. The zero-order chi connectivity index (χ0) is 22.9. The maximum atomic E-state index is 12.6. The van der Waals surface area contributed by atoms with Crippen LogP contribution in [0.5, 0.6) is 0 Å². The van der Waals surface area contributed by atoms with E-state index in [2.05, 4.69) is 40.2 Å². The number of hydrogen-bond acceptors (Lipinski definition) is 4. The Kier molecular flexibility index (Phi) is 7.64. The molecule has 1 atom stereocenters. The fourth-order valence-electron chi connectivity index (χ4n) is 3.50. The number of carbonyl (C=O) groups is 2. The molecule has 4 rings (SSSR count). The highest BCUT2D eigenvalue weighted by atomic mass is 32.1. The first-order valence-corrected chi connectivity index (χ1v) is 11.6. The molecule has 0 fully saturated rings. The van der Waals surface area contributed by atoms with Crippen molar-refractivity contribution in [2.75, 3.05) is 17.2 Å². The van der Waals surface area contributed by atoms with Gasteiger partial charge in [0.05, 0.1) is 11.4 Å². The van der Waals surface area contributed by atoms with E-state index in [1.165, 1.54) is 16.9 Å². The van der Waals surface area contributed by atoms with Crippen molar-refractivity contribution < 1.29 is 9.59 Å². The summed E-state index contributed by atoms with van der Waals surface area (Å²) in [4.78, 5) is 25.4. The minimum Gasteiger partial charge on any atom is -0.325 e. The minimum atomic E-state index is -0.142. The summed E-state index contributed by atoms with van der Waals surface area (Å²) in [5.74, 6) is -0.268. The van der Waals surface area contributed by atoms with Crippen molar-refractivity contribution in [3.05, 3.63) is 118 Å². The van der Waals surface area contributed by atoms with Gasteiger partial charge in [0, 0.05) is 17.4 Å². The lowest BCUT2D eigenvalue weighted by Gasteiger charge is -2.19. The van der Waals surface area contributed by atoms with Crippen LogP contribution in [0.4, 0.5) is 11.4 Å². The van der Waals surface area contributed by atoms with Gasteiger partial charge in [0.1, 0.15) is 0 Å². The lowest BCUT2D eigenvalue weighted by atomic mass is 9.99. The molecule has 0 aliphatic heterocycles. The third-order valence-electron chi connectivity index (χ3n) is 5.17. The lowest BCUT2D eigenvalue weighted by molar-refractivity contribution is -0.115. The van der Waals surface area contributed by atoms with E-state index in [1.807, 2.05) is 47.8 Å². The van der Waals surface area contributed by atoms with Crippen molar-refractivity contribution in [1.29, 1.82) is 0 Å². The Morgan fingerprint density at radius 1 is 0.727 bits per heavy atom. The molecule has 0 radical (unpaired) electrons. The highest BCUT2D eigenvalue weighted by molar-refractivity contribution is 7.12. The largest absolute Gasteiger partial charge is 0.325 e. The molecule has 0 spiro atoms. The van der Waals surface area contributed by atoms with Crippen molar-refractivity contribution in [2.45, 2.75) is 12.5 Å². The number of anilines is 2. The molecule has 33 heavy (non-hydrogen) atoms. The molecule has 166 valence electrons. The second-order valence-corrected chi connectivity index (χ2v) is 8.54. The average molecular weight is 456 g/mol. The summed E-state index contributed by atoms with van der Waals surface area (Å²) in [5.41, 5.74) is 3.70. The molecule has 3 N–H and O–H groups in total. The number of nitrogens with one attached hydrogen (secondary N) is 3. The topological polar surface area (TPSA) is 70.2 Å². The van der Waals surface area contributed by atoms with Crippen molar-refractivity contribution in [3.63, 3.8) is 0 Å². The summed E-state index contributed by atoms with van der Waals surface area (Å²) < 4.78 is 0. The molecule has 0 aliphatic carbocycles. The van der Waals surface area contributed by atoms with Crippen LogP contribution in [0, 0.1) is 0 Å². The van der Waals surface area contributed by atoms with Crippen LogP contribution in [-0.2, 0) is 11.2 Å². The Morgan fingerprint density at radius 2 is 1.36 bits per heavy atom. The van der Waals surface area contributed by atoms with E-state index < -0.39 is 0 Å². The van der Waals surface area contributed by atoms with Crippen LogP contribution in [0.25, 0.3) is 0 Å². The molecule has 1 heterocycles. The Hall–Kier alpha value is -3.74. The van der Waals surface area contributed by atoms with Gasteiger partial charge in [-0.25, -0.2) is 0 Å². The number of amides is 2. The van der Waals surface area contributed by atoms with Crippen LogP contribution < -0.4 is 16.0 Å².